The minimum absolute atomic E-state index is 0.0805. The smallest absolute Gasteiger partial charge is 0.409 e. The van der Waals surface area contributed by atoms with E-state index in [0.717, 1.165) is 19.3 Å². The third kappa shape index (κ3) is 7.77. The molecule has 4 rings (SSSR count). The molecule has 3 N–H and O–H groups in total. The molecule has 1 atom stereocenters. The molecule has 2 aromatic rings. The summed E-state index contributed by atoms with van der Waals surface area (Å²) in [7, 11) is 0. The second-order valence-corrected chi connectivity index (χ2v) is 9.91. The van der Waals surface area contributed by atoms with Crippen LogP contribution in [0.1, 0.15) is 49.5 Å². The number of carbonyl (C=O) groups is 5. The normalized spacial score (nSPS) is 15.8. The van der Waals surface area contributed by atoms with Crippen LogP contribution in [0.25, 0.3) is 11.4 Å². The van der Waals surface area contributed by atoms with Gasteiger partial charge in [-0.3, -0.25) is 19.2 Å². The average Bonchev–Trinajstić information content (AvgIpc) is 2.94. The number of aromatic nitrogens is 2. The number of ether oxygens (including phenoxy) is 1. The van der Waals surface area contributed by atoms with Crippen LogP contribution in [0, 0.1) is 5.92 Å². The van der Waals surface area contributed by atoms with Crippen LogP contribution in [0.5, 0.6) is 0 Å². The number of carbonyl (C=O) groups excluding carboxylic acids is 4. The Labute approximate surface area is 237 Å². The van der Waals surface area contributed by atoms with Crippen LogP contribution in [0.2, 0.25) is 0 Å². The predicted molar refractivity (Wildman–Crippen MR) is 147 cm³/mol. The van der Waals surface area contributed by atoms with Crippen molar-refractivity contribution in [2.24, 2.45) is 5.92 Å². The summed E-state index contributed by atoms with van der Waals surface area (Å²) in [5, 5.41) is 14.7. The highest BCUT2D eigenvalue weighted by molar-refractivity contribution is 5.98. The highest BCUT2D eigenvalue weighted by Gasteiger charge is 2.32. The molecule has 218 valence electrons. The van der Waals surface area contributed by atoms with Crippen LogP contribution in [0.4, 0.5) is 10.6 Å². The van der Waals surface area contributed by atoms with Crippen molar-refractivity contribution >= 4 is 35.6 Å². The number of nitrogens with zero attached hydrogens (tertiary/aromatic N) is 4. The van der Waals surface area contributed by atoms with Gasteiger partial charge in [-0.25, -0.2) is 14.8 Å². The van der Waals surface area contributed by atoms with E-state index in [4.69, 9.17) is 4.74 Å². The molecule has 2 fully saturated rings. The van der Waals surface area contributed by atoms with E-state index in [9.17, 15) is 29.1 Å². The van der Waals surface area contributed by atoms with Gasteiger partial charge in [0.05, 0.1) is 6.61 Å². The molecule has 1 aliphatic heterocycles. The Bertz CT molecular complexity index is 1280. The van der Waals surface area contributed by atoms with Gasteiger partial charge in [0.2, 0.25) is 11.8 Å². The Balaban J connectivity index is 1.52. The van der Waals surface area contributed by atoms with Gasteiger partial charge < -0.3 is 30.3 Å². The third-order valence-electron chi connectivity index (χ3n) is 7.09. The number of hydrogen-bond donors (Lipinski definition) is 3. The van der Waals surface area contributed by atoms with Crippen LogP contribution in [-0.4, -0.2) is 93.5 Å². The second-order valence-electron chi connectivity index (χ2n) is 9.91. The van der Waals surface area contributed by atoms with Crippen molar-refractivity contribution in [3.8, 4) is 11.4 Å². The van der Waals surface area contributed by atoms with Crippen LogP contribution in [-0.2, 0) is 19.1 Å². The van der Waals surface area contributed by atoms with Crippen LogP contribution in [0.3, 0.4) is 0 Å². The quantitative estimate of drug-likeness (QED) is 0.390. The summed E-state index contributed by atoms with van der Waals surface area (Å²) < 4.78 is 5.01. The first-order valence-corrected chi connectivity index (χ1v) is 13.7. The fourth-order valence-electron chi connectivity index (χ4n) is 4.54. The van der Waals surface area contributed by atoms with Gasteiger partial charge in [0, 0.05) is 50.1 Å². The topological polar surface area (TPSA) is 171 Å². The number of benzene rings is 1. The van der Waals surface area contributed by atoms with Gasteiger partial charge in [-0.05, 0) is 26.2 Å². The molecule has 1 aliphatic carbocycles. The van der Waals surface area contributed by atoms with Crippen LogP contribution >= 0.6 is 0 Å². The standard InChI is InChI=1S/C28H34N6O7/c1-2-41-28(40)34-15-13-33(14-16-34)27(39)20(11-12-23(35)36)30-26(38)21-17-22(32-25(37)19-9-6-10-19)31-24(29-21)18-7-4-3-5-8-18/h3-5,7-8,17,19-20H,2,6,9-16H2,1H3,(H,30,38)(H,35,36)(H,29,31,32,37)/t20-/m0/s1. The average molecular weight is 567 g/mol. The summed E-state index contributed by atoms with van der Waals surface area (Å²) in [5.41, 5.74) is 0.544. The molecule has 4 amide bonds. The van der Waals surface area contributed by atoms with Crippen LogP contribution in [0.15, 0.2) is 36.4 Å². The molecular weight excluding hydrogens is 532 g/mol. The van der Waals surface area contributed by atoms with E-state index >= 15 is 0 Å². The minimum atomic E-state index is -1.14. The summed E-state index contributed by atoms with van der Waals surface area (Å²) in [6, 6.07) is 9.14. The summed E-state index contributed by atoms with van der Waals surface area (Å²) >= 11 is 0. The van der Waals surface area contributed by atoms with E-state index in [1.165, 1.54) is 15.9 Å². The highest BCUT2D eigenvalue weighted by atomic mass is 16.6. The van der Waals surface area contributed by atoms with Crippen molar-refractivity contribution in [3.63, 3.8) is 0 Å². The molecule has 2 heterocycles. The molecule has 0 bridgehead atoms. The maximum absolute atomic E-state index is 13.4. The molecule has 1 saturated heterocycles. The third-order valence-corrected chi connectivity index (χ3v) is 7.09. The molecule has 13 heteroatoms. The number of carboxylic acids is 1. The molecular formula is C28H34N6O7. The number of carboxylic acid groups (broad SMARTS) is 1. The van der Waals surface area contributed by atoms with Crippen molar-refractivity contribution in [2.75, 3.05) is 38.1 Å². The van der Waals surface area contributed by atoms with Gasteiger partial charge in [-0.1, -0.05) is 36.8 Å². The van der Waals surface area contributed by atoms with Crippen molar-refractivity contribution in [3.05, 3.63) is 42.1 Å². The molecule has 13 nitrogen and oxygen atoms in total. The Hall–Kier alpha value is -4.55. The maximum Gasteiger partial charge on any atom is 0.409 e. The fraction of sp³-hybridized carbons (Fsp3) is 0.464. The van der Waals surface area contributed by atoms with Crippen molar-refractivity contribution in [2.45, 2.75) is 45.1 Å². The zero-order valence-electron chi connectivity index (χ0n) is 22.9. The maximum atomic E-state index is 13.4. The van der Waals surface area contributed by atoms with Crippen LogP contribution < -0.4 is 10.6 Å². The molecule has 41 heavy (non-hydrogen) atoms. The van der Waals surface area contributed by atoms with Gasteiger partial charge in [-0.2, -0.15) is 0 Å². The first-order chi connectivity index (χ1) is 19.7. The second kappa shape index (κ2) is 13.7. The largest absolute Gasteiger partial charge is 0.481 e. The zero-order valence-corrected chi connectivity index (χ0v) is 22.9. The lowest BCUT2D eigenvalue weighted by atomic mass is 9.85. The van der Waals surface area contributed by atoms with E-state index in [1.54, 1.807) is 31.2 Å². The summed E-state index contributed by atoms with van der Waals surface area (Å²) in [6.45, 7) is 2.86. The Morgan fingerprint density at radius 3 is 2.32 bits per heavy atom. The van der Waals surface area contributed by atoms with Crippen molar-refractivity contribution < 1.29 is 33.8 Å². The van der Waals surface area contributed by atoms with Gasteiger partial charge in [0.15, 0.2) is 5.82 Å². The summed E-state index contributed by atoms with van der Waals surface area (Å²) in [5.74, 6) is -2.20. The SMILES string of the molecule is CCOC(=O)N1CCN(C(=O)[C@H](CCC(=O)O)NC(=O)c2cc(NC(=O)C3CCC3)nc(-c3ccccc3)n2)CC1. The van der Waals surface area contributed by atoms with E-state index in [0.29, 0.717) is 5.56 Å². The number of anilines is 1. The van der Waals surface area contributed by atoms with E-state index in [2.05, 4.69) is 20.6 Å². The number of rotatable bonds is 10. The molecule has 0 radical (unpaired) electrons. The number of piperazine rings is 1. The number of aliphatic carboxylic acids is 1. The Morgan fingerprint density at radius 2 is 1.71 bits per heavy atom. The summed E-state index contributed by atoms with van der Waals surface area (Å²) in [4.78, 5) is 74.5. The summed E-state index contributed by atoms with van der Waals surface area (Å²) in [6.07, 6.45) is 1.61. The van der Waals surface area contributed by atoms with E-state index in [1.807, 2.05) is 6.07 Å². The monoisotopic (exact) mass is 566 g/mol. The van der Waals surface area contributed by atoms with Crippen molar-refractivity contribution in [1.29, 1.82) is 0 Å². The van der Waals surface area contributed by atoms with Gasteiger partial charge in [0.1, 0.15) is 17.6 Å². The lowest BCUT2D eigenvalue weighted by Gasteiger charge is -2.35. The lowest BCUT2D eigenvalue weighted by molar-refractivity contribution is -0.138. The first-order valence-electron chi connectivity index (χ1n) is 13.7. The molecule has 0 spiro atoms. The predicted octanol–water partition coefficient (Wildman–Crippen LogP) is 2.15. The fourth-order valence-corrected chi connectivity index (χ4v) is 4.54. The molecule has 2 aliphatic rings. The molecule has 1 aromatic heterocycles. The molecule has 1 saturated carbocycles. The number of amides is 4. The number of nitrogens with one attached hydrogen (secondary N) is 2. The Kier molecular flexibility index (Phi) is 9.82. The minimum Gasteiger partial charge on any atom is -0.481 e. The van der Waals surface area contributed by atoms with Gasteiger partial charge in [-0.15, -0.1) is 0 Å². The molecule has 0 unspecified atom stereocenters. The van der Waals surface area contributed by atoms with Crippen molar-refractivity contribution in [1.82, 2.24) is 25.1 Å². The van der Waals surface area contributed by atoms with E-state index in [-0.39, 0.29) is 74.8 Å². The van der Waals surface area contributed by atoms with E-state index < -0.39 is 29.9 Å². The van der Waals surface area contributed by atoms with Gasteiger partial charge in [0.25, 0.3) is 5.91 Å². The Morgan fingerprint density at radius 1 is 1.02 bits per heavy atom. The molecule has 1 aromatic carbocycles. The number of hydrogen-bond acceptors (Lipinski definition) is 8. The van der Waals surface area contributed by atoms with Gasteiger partial charge >= 0.3 is 12.1 Å². The zero-order chi connectivity index (χ0) is 29.4. The first kappa shape index (κ1) is 29.4. The highest BCUT2D eigenvalue weighted by Crippen LogP contribution is 2.28. The lowest BCUT2D eigenvalue weighted by Crippen LogP contribution is -2.56.